The van der Waals surface area contributed by atoms with E-state index in [1.54, 1.807) is 0 Å². The molecule has 8 heavy (non-hydrogen) atoms. The molecule has 0 aromatic heterocycles. The Morgan fingerprint density at radius 2 is 2.25 bits per heavy atom. The molecule has 0 aliphatic carbocycles. The van der Waals surface area contributed by atoms with Crippen LogP contribution in [0.4, 0.5) is 8.87 Å². The average molecular weight is 145 g/mol. The molecule has 1 atom stereocenters. The van der Waals surface area contributed by atoms with E-state index in [0.717, 1.165) is 0 Å². The van der Waals surface area contributed by atoms with Gasteiger partial charge in [0.15, 0.2) is 0 Å². The van der Waals surface area contributed by atoms with Gasteiger partial charge in [0.05, 0.1) is 6.54 Å². The van der Waals surface area contributed by atoms with E-state index in [0.29, 0.717) is 0 Å². The van der Waals surface area contributed by atoms with Crippen LogP contribution in [0.5, 0.6) is 0 Å². The molecule has 0 rings (SSSR count). The second-order valence-electron chi connectivity index (χ2n) is 0.961. The van der Waals surface area contributed by atoms with Crippen LogP contribution in [0, 0.1) is 0 Å². The first-order valence-corrected chi connectivity index (χ1v) is 2.85. The van der Waals surface area contributed by atoms with Crippen molar-refractivity contribution in [2.24, 2.45) is 0 Å². The molecule has 0 aromatic rings. The third-order valence-corrected chi connectivity index (χ3v) is 0.951. The Kier molecular flexibility index (Phi) is 3.84. The molecule has 0 heterocycles. The smallest absolute Gasteiger partial charge is 0.263 e. The van der Waals surface area contributed by atoms with Gasteiger partial charge in [-0.25, -0.2) is 8.60 Å². The summed E-state index contributed by atoms with van der Waals surface area (Å²) in [4.78, 5) is 0. The molecule has 0 saturated heterocycles. The molecule has 0 aliphatic rings. The SMILES string of the molecule is O=S(O)N(F)CCF. The average Bonchev–Trinajstić information content (AvgIpc) is 1.67. The van der Waals surface area contributed by atoms with Crippen LogP contribution < -0.4 is 0 Å². The standard InChI is InChI=1S/C2H5F2NO2S/c3-1-2-5(4)8(6)7/h1-2H2,(H,6,7). The Morgan fingerprint density at radius 3 is 2.38 bits per heavy atom. The van der Waals surface area contributed by atoms with E-state index in [-0.39, 0.29) is 0 Å². The van der Waals surface area contributed by atoms with Crippen LogP contribution in [0.1, 0.15) is 0 Å². The van der Waals surface area contributed by atoms with Gasteiger partial charge < -0.3 is 0 Å². The van der Waals surface area contributed by atoms with Crippen LogP contribution in [-0.4, -0.2) is 26.5 Å². The second kappa shape index (κ2) is 3.88. The van der Waals surface area contributed by atoms with Crippen molar-refractivity contribution in [3.05, 3.63) is 0 Å². The van der Waals surface area contributed by atoms with Crippen molar-refractivity contribution in [3.8, 4) is 0 Å². The summed E-state index contributed by atoms with van der Waals surface area (Å²) in [6.45, 7) is -1.63. The predicted octanol–water partition coefficient (Wildman–Crippen LogP) is 0.279. The lowest BCUT2D eigenvalue weighted by Gasteiger charge is -1.99. The lowest BCUT2D eigenvalue weighted by molar-refractivity contribution is 0.126. The van der Waals surface area contributed by atoms with Crippen molar-refractivity contribution in [2.75, 3.05) is 13.2 Å². The van der Waals surface area contributed by atoms with E-state index >= 15 is 0 Å². The fourth-order valence-electron chi connectivity index (χ4n) is 0.145. The summed E-state index contributed by atoms with van der Waals surface area (Å²) >= 11 is -2.68. The number of hydrogen-bond acceptors (Lipinski definition) is 1. The minimum absolute atomic E-state index is 0.500. The first kappa shape index (κ1) is 7.93. The molecule has 1 N–H and O–H groups in total. The number of alkyl halides is 1. The van der Waals surface area contributed by atoms with E-state index in [1.165, 1.54) is 0 Å². The molecule has 0 radical (unpaired) electrons. The number of nitrogens with zero attached hydrogens (tertiary/aromatic N) is 1. The summed E-state index contributed by atoms with van der Waals surface area (Å²) in [5.74, 6) is 0. The summed E-state index contributed by atoms with van der Waals surface area (Å²) in [7, 11) is 0. The van der Waals surface area contributed by atoms with Crippen molar-refractivity contribution in [3.63, 3.8) is 0 Å². The van der Waals surface area contributed by atoms with Crippen LogP contribution in [0.15, 0.2) is 0 Å². The molecule has 1 unspecified atom stereocenters. The zero-order chi connectivity index (χ0) is 6.57. The first-order chi connectivity index (χ1) is 3.68. The zero-order valence-corrected chi connectivity index (χ0v) is 4.70. The third kappa shape index (κ3) is 3.00. The molecule has 3 nitrogen and oxygen atoms in total. The van der Waals surface area contributed by atoms with E-state index in [2.05, 4.69) is 0 Å². The summed E-state index contributed by atoms with van der Waals surface area (Å²) in [6.07, 6.45) is 0. The minimum atomic E-state index is -2.68. The van der Waals surface area contributed by atoms with Gasteiger partial charge in [-0.3, -0.25) is 4.55 Å². The topological polar surface area (TPSA) is 40.5 Å². The molecule has 0 spiro atoms. The number of halogens is 2. The Labute approximate surface area is 47.6 Å². The monoisotopic (exact) mass is 145 g/mol. The van der Waals surface area contributed by atoms with E-state index in [9.17, 15) is 13.1 Å². The first-order valence-electron chi connectivity index (χ1n) is 1.78. The highest BCUT2D eigenvalue weighted by molar-refractivity contribution is 7.76. The van der Waals surface area contributed by atoms with Crippen LogP contribution in [0.25, 0.3) is 0 Å². The van der Waals surface area contributed by atoms with E-state index in [1.807, 2.05) is 0 Å². The zero-order valence-electron chi connectivity index (χ0n) is 3.88. The van der Waals surface area contributed by atoms with Gasteiger partial charge in [0, 0.05) is 0 Å². The highest BCUT2D eigenvalue weighted by Crippen LogP contribution is 1.90. The van der Waals surface area contributed by atoms with Gasteiger partial charge in [-0.05, 0) is 4.53 Å². The molecule has 0 fully saturated rings. The van der Waals surface area contributed by atoms with Gasteiger partial charge >= 0.3 is 0 Å². The highest BCUT2D eigenvalue weighted by atomic mass is 32.2. The summed E-state index contributed by atoms with van der Waals surface area (Å²) in [5, 5.41) is 0. The number of hydrogen-bond donors (Lipinski definition) is 1. The maximum atomic E-state index is 11.6. The van der Waals surface area contributed by atoms with Crippen molar-refractivity contribution in [1.82, 2.24) is 4.53 Å². The third-order valence-electron chi connectivity index (χ3n) is 0.430. The molecule has 0 aromatic carbocycles. The summed E-state index contributed by atoms with van der Waals surface area (Å²) < 4.78 is 39.5. The Hall–Kier alpha value is -0.0700. The van der Waals surface area contributed by atoms with Gasteiger partial charge in [0.25, 0.3) is 11.3 Å². The van der Waals surface area contributed by atoms with Gasteiger partial charge in [0.2, 0.25) is 0 Å². The molecule has 0 bridgehead atoms. The largest absolute Gasteiger partial charge is 0.292 e. The molecule has 50 valence electrons. The molecule has 0 saturated carbocycles. The fourth-order valence-corrected chi connectivity index (χ4v) is 0.370. The van der Waals surface area contributed by atoms with Crippen LogP contribution in [0.2, 0.25) is 0 Å². The Bertz CT molecular complexity index is 90.1. The second-order valence-corrected chi connectivity index (χ2v) is 1.82. The van der Waals surface area contributed by atoms with Gasteiger partial charge in [0.1, 0.15) is 6.67 Å². The highest BCUT2D eigenvalue weighted by Gasteiger charge is 2.06. The molecule has 6 heteroatoms. The lowest BCUT2D eigenvalue weighted by atomic mass is 10.8. The molecule has 0 amide bonds. The normalized spacial score (nSPS) is 14.5. The van der Waals surface area contributed by atoms with Gasteiger partial charge in [-0.1, -0.05) is 0 Å². The van der Waals surface area contributed by atoms with Gasteiger partial charge in [-0.15, -0.1) is 4.48 Å². The maximum Gasteiger partial charge on any atom is 0.263 e. The van der Waals surface area contributed by atoms with Crippen LogP contribution >= 0.6 is 0 Å². The minimum Gasteiger partial charge on any atom is -0.292 e. The lowest BCUT2D eigenvalue weighted by Crippen LogP contribution is -2.18. The van der Waals surface area contributed by atoms with Crippen molar-refractivity contribution < 1.29 is 17.6 Å². The van der Waals surface area contributed by atoms with E-state index in [4.69, 9.17) is 4.55 Å². The van der Waals surface area contributed by atoms with Crippen molar-refractivity contribution in [2.45, 2.75) is 0 Å². The summed E-state index contributed by atoms with van der Waals surface area (Å²) in [6, 6.07) is 0. The van der Waals surface area contributed by atoms with Crippen molar-refractivity contribution in [1.29, 1.82) is 0 Å². The predicted molar refractivity (Wildman–Crippen MR) is 24.6 cm³/mol. The van der Waals surface area contributed by atoms with Crippen molar-refractivity contribution >= 4 is 11.3 Å². The molecule has 0 aliphatic heterocycles. The number of rotatable bonds is 3. The van der Waals surface area contributed by atoms with Crippen LogP contribution in [-0.2, 0) is 11.3 Å². The maximum absolute atomic E-state index is 11.6. The molecular formula is C2H5F2NO2S. The van der Waals surface area contributed by atoms with E-state index < -0.39 is 29.0 Å². The van der Waals surface area contributed by atoms with Gasteiger partial charge in [-0.2, -0.15) is 0 Å². The molecular weight excluding hydrogens is 140 g/mol. The Morgan fingerprint density at radius 1 is 1.75 bits per heavy atom. The quantitative estimate of drug-likeness (QED) is 0.457. The van der Waals surface area contributed by atoms with Crippen LogP contribution in [0.3, 0.4) is 0 Å². The summed E-state index contributed by atoms with van der Waals surface area (Å²) in [5.41, 5.74) is 0. The fraction of sp³-hybridized carbons (Fsp3) is 1.00. The Balaban J connectivity index is 3.32.